The van der Waals surface area contributed by atoms with Gasteiger partial charge in [-0.1, -0.05) is 6.08 Å². The SMILES string of the molecule is C=CCn1ccnc1Nc1cc(F)ccc1Br. The van der Waals surface area contributed by atoms with Crippen LogP contribution in [0.15, 0.2) is 47.7 Å². The van der Waals surface area contributed by atoms with Crippen molar-refractivity contribution >= 4 is 27.6 Å². The maximum atomic E-state index is 13.1. The van der Waals surface area contributed by atoms with Crippen molar-refractivity contribution in [3.05, 3.63) is 53.5 Å². The molecule has 1 aromatic carbocycles. The van der Waals surface area contributed by atoms with Crippen molar-refractivity contribution in [3.8, 4) is 0 Å². The van der Waals surface area contributed by atoms with Gasteiger partial charge in [0, 0.05) is 23.4 Å². The fourth-order valence-electron chi connectivity index (χ4n) is 1.43. The molecule has 0 bridgehead atoms. The molecular weight excluding hydrogens is 285 g/mol. The van der Waals surface area contributed by atoms with Crippen LogP contribution in [0.25, 0.3) is 0 Å². The zero-order valence-corrected chi connectivity index (χ0v) is 10.6. The van der Waals surface area contributed by atoms with Crippen molar-refractivity contribution < 1.29 is 4.39 Å². The largest absolute Gasteiger partial charge is 0.324 e. The molecule has 17 heavy (non-hydrogen) atoms. The Morgan fingerprint density at radius 3 is 3.12 bits per heavy atom. The molecule has 0 radical (unpaired) electrons. The molecule has 88 valence electrons. The predicted octanol–water partition coefficient (Wildman–Crippen LogP) is 3.71. The summed E-state index contributed by atoms with van der Waals surface area (Å²) in [6, 6.07) is 4.46. The first-order valence-electron chi connectivity index (χ1n) is 5.05. The van der Waals surface area contributed by atoms with Crippen molar-refractivity contribution in [3.63, 3.8) is 0 Å². The summed E-state index contributed by atoms with van der Waals surface area (Å²) in [5.41, 5.74) is 0.640. The summed E-state index contributed by atoms with van der Waals surface area (Å²) in [6.45, 7) is 4.32. The van der Waals surface area contributed by atoms with Gasteiger partial charge < -0.3 is 9.88 Å². The quantitative estimate of drug-likeness (QED) is 0.872. The minimum Gasteiger partial charge on any atom is -0.324 e. The Balaban J connectivity index is 2.27. The van der Waals surface area contributed by atoms with Gasteiger partial charge in [-0.15, -0.1) is 6.58 Å². The zero-order valence-electron chi connectivity index (χ0n) is 9.03. The molecule has 5 heteroatoms. The van der Waals surface area contributed by atoms with Crippen LogP contribution < -0.4 is 5.32 Å². The fourth-order valence-corrected chi connectivity index (χ4v) is 1.78. The van der Waals surface area contributed by atoms with E-state index in [1.54, 1.807) is 18.3 Å². The van der Waals surface area contributed by atoms with Crippen LogP contribution in [-0.4, -0.2) is 9.55 Å². The zero-order chi connectivity index (χ0) is 12.3. The molecule has 0 saturated carbocycles. The first-order valence-corrected chi connectivity index (χ1v) is 5.84. The topological polar surface area (TPSA) is 29.9 Å². The van der Waals surface area contributed by atoms with Crippen LogP contribution in [-0.2, 0) is 6.54 Å². The highest BCUT2D eigenvalue weighted by Crippen LogP contribution is 2.25. The number of nitrogens with one attached hydrogen (secondary N) is 1. The van der Waals surface area contributed by atoms with Crippen molar-refractivity contribution in [2.45, 2.75) is 6.54 Å². The van der Waals surface area contributed by atoms with E-state index in [1.165, 1.54) is 12.1 Å². The number of anilines is 2. The van der Waals surface area contributed by atoms with Crippen molar-refractivity contribution in [1.82, 2.24) is 9.55 Å². The maximum absolute atomic E-state index is 13.1. The van der Waals surface area contributed by atoms with Gasteiger partial charge in [-0.25, -0.2) is 9.37 Å². The minimum absolute atomic E-state index is 0.294. The highest BCUT2D eigenvalue weighted by molar-refractivity contribution is 9.10. The van der Waals surface area contributed by atoms with Crippen LogP contribution in [0, 0.1) is 5.82 Å². The number of aromatic nitrogens is 2. The number of benzene rings is 1. The Bertz CT molecular complexity index is 536. The molecule has 0 aliphatic rings. The summed E-state index contributed by atoms with van der Waals surface area (Å²) < 4.78 is 15.8. The summed E-state index contributed by atoms with van der Waals surface area (Å²) in [5, 5.41) is 3.06. The first kappa shape index (κ1) is 11.9. The smallest absolute Gasteiger partial charge is 0.207 e. The van der Waals surface area contributed by atoms with E-state index in [0.29, 0.717) is 18.2 Å². The van der Waals surface area contributed by atoms with Crippen molar-refractivity contribution in [2.75, 3.05) is 5.32 Å². The van der Waals surface area contributed by atoms with E-state index in [4.69, 9.17) is 0 Å². The minimum atomic E-state index is -0.294. The van der Waals surface area contributed by atoms with Gasteiger partial charge in [-0.3, -0.25) is 0 Å². The van der Waals surface area contributed by atoms with Gasteiger partial charge in [0.05, 0.1) is 5.69 Å². The highest BCUT2D eigenvalue weighted by Gasteiger charge is 2.05. The standard InChI is InChI=1S/C12H11BrFN3/c1-2-6-17-7-5-15-12(17)16-11-8-9(14)3-4-10(11)13/h2-5,7-8H,1,6H2,(H,15,16). The molecule has 0 aliphatic carbocycles. The number of hydrogen-bond acceptors (Lipinski definition) is 2. The summed E-state index contributed by atoms with van der Waals surface area (Å²) in [5.74, 6) is 0.355. The number of imidazole rings is 1. The molecule has 0 amide bonds. The van der Waals surface area contributed by atoms with Gasteiger partial charge >= 0.3 is 0 Å². The average molecular weight is 296 g/mol. The molecule has 0 unspecified atom stereocenters. The van der Waals surface area contributed by atoms with Crippen LogP contribution >= 0.6 is 15.9 Å². The summed E-state index contributed by atoms with van der Waals surface area (Å²) in [4.78, 5) is 4.16. The van der Waals surface area contributed by atoms with Gasteiger partial charge in [-0.2, -0.15) is 0 Å². The molecule has 0 atom stereocenters. The Hall–Kier alpha value is -1.62. The van der Waals surface area contributed by atoms with Crippen LogP contribution in [0.4, 0.5) is 16.0 Å². The Morgan fingerprint density at radius 2 is 2.35 bits per heavy atom. The Morgan fingerprint density at radius 1 is 1.53 bits per heavy atom. The number of nitrogens with zero attached hydrogens (tertiary/aromatic N) is 2. The lowest BCUT2D eigenvalue weighted by Crippen LogP contribution is -2.02. The summed E-state index contributed by atoms with van der Waals surface area (Å²) >= 11 is 3.35. The Labute approximate surface area is 107 Å². The molecule has 0 spiro atoms. The molecular formula is C12H11BrFN3. The monoisotopic (exact) mass is 295 g/mol. The van der Waals surface area contributed by atoms with Crippen LogP contribution in [0.3, 0.4) is 0 Å². The predicted molar refractivity (Wildman–Crippen MR) is 69.8 cm³/mol. The van der Waals surface area contributed by atoms with Crippen LogP contribution in [0.2, 0.25) is 0 Å². The van der Waals surface area contributed by atoms with E-state index in [2.05, 4.69) is 32.8 Å². The molecule has 0 aliphatic heterocycles. The average Bonchev–Trinajstić information content (AvgIpc) is 2.72. The third-order valence-corrected chi connectivity index (χ3v) is 2.91. The second-order valence-electron chi connectivity index (χ2n) is 3.44. The summed E-state index contributed by atoms with van der Waals surface area (Å²) in [7, 11) is 0. The van der Waals surface area contributed by atoms with Gasteiger partial charge in [-0.05, 0) is 34.1 Å². The van der Waals surface area contributed by atoms with Gasteiger partial charge in [0.25, 0.3) is 0 Å². The molecule has 1 heterocycles. The van der Waals surface area contributed by atoms with E-state index < -0.39 is 0 Å². The molecule has 0 saturated heterocycles. The summed E-state index contributed by atoms with van der Waals surface area (Å²) in [6.07, 6.45) is 5.28. The second kappa shape index (κ2) is 5.14. The number of rotatable bonds is 4. The highest BCUT2D eigenvalue weighted by atomic mass is 79.9. The normalized spacial score (nSPS) is 10.2. The van der Waals surface area contributed by atoms with E-state index in [0.717, 1.165) is 4.47 Å². The third-order valence-electron chi connectivity index (χ3n) is 2.22. The fraction of sp³-hybridized carbons (Fsp3) is 0.0833. The maximum Gasteiger partial charge on any atom is 0.207 e. The van der Waals surface area contributed by atoms with Crippen molar-refractivity contribution in [1.29, 1.82) is 0 Å². The Kier molecular flexibility index (Phi) is 3.58. The first-order chi connectivity index (χ1) is 8.20. The number of hydrogen-bond donors (Lipinski definition) is 1. The number of allylic oxidation sites excluding steroid dienone is 1. The van der Waals surface area contributed by atoms with E-state index in [1.807, 2.05) is 10.8 Å². The molecule has 1 N–H and O–H groups in total. The van der Waals surface area contributed by atoms with E-state index in [9.17, 15) is 4.39 Å². The van der Waals surface area contributed by atoms with Gasteiger partial charge in [0.2, 0.25) is 5.95 Å². The van der Waals surface area contributed by atoms with E-state index >= 15 is 0 Å². The van der Waals surface area contributed by atoms with Crippen LogP contribution in [0.1, 0.15) is 0 Å². The third kappa shape index (κ3) is 2.74. The van der Waals surface area contributed by atoms with Gasteiger partial charge in [0.1, 0.15) is 5.82 Å². The second-order valence-corrected chi connectivity index (χ2v) is 4.30. The lowest BCUT2D eigenvalue weighted by atomic mass is 10.3. The molecule has 3 nitrogen and oxygen atoms in total. The molecule has 2 rings (SSSR count). The van der Waals surface area contributed by atoms with Gasteiger partial charge in [0.15, 0.2) is 0 Å². The van der Waals surface area contributed by atoms with Crippen molar-refractivity contribution in [2.24, 2.45) is 0 Å². The lowest BCUT2D eigenvalue weighted by molar-refractivity contribution is 0.628. The molecule has 1 aromatic heterocycles. The van der Waals surface area contributed by atoms with E-state index in [-0.39, 0.29) is 5.82 Å². The molecule has 0 fully saturated rings. The van der Waals surface area contributed by atoms with Crippen LogP contribution in [0.5, 0.6) is 0 Å². The molecule has 2 aromatic rings. The number of halogens is 2. The lowest BCUT2D eigenvalue weighted by Gasteiger charge is -2.09.